The summed E-state index contributed by atoms with van der Waals surface area (Å²) in [5.41, 5.74) is 6.50. The van der Waals surface area contributed by atoms with E-state index in [1.807, 2.05) is 54.5 Å². The van der Waals surface area contributed by atoms with Crippen LogP contribution in [0.5, 0.6) is 0 Å². The van der Waals surface area contributed by atoms with E-state index in [9.17, 15) is 4.79 Å². The van der Waals surface area contributed by atoms with Gasteiger partial charge < -0.3 is 20.3 Å². The van der Waals surface area contributed by atoms with Crippen molar-refractivity contribution in [3.63, 3.8) is 0 Å². The molecule has 29 heavy (non-hydrogen) atoms. The van der Waals surface area contributed by atoms with E-state index in [1.54, 1.807) is 4.90 Å². The molecule has 2 aromatic rings. The highest BCUT2D eigenvalue weighted by Crippen LogP contribution is 2.12. The summed E-state index contributed by atoms with van der Waals surface area (Å²) in [4.78, 5) is 20.3. The van der Waals surface area contributed by atoms with Gasteiger partial charge >= 0.3 is 6.09 Å². The van der Waals surface area contributed by atoms with E-state index >= 15 is 0 Å². The lowest BCUT2D eigenvalue weighted by molar-refractivity contribution is 0.0186. The van der Waals surface area contributed by atoms with Gasteiger partial charge in [0, 0.05) is 45.3 Å². The van der Waals surface area contributed by atoms with Gasteiger partial charge in [0.15, 0.2) is 11.6 Å². The first-order valence-electron chi connectivity index (χ1n) is 9.65. The van der Waals surface area contributed by atoms with E-state index < -0.39 is 5.60 Å². The second-order valence-electron chi connectivity index (χ2n) is 7.84. The Hall–Kier alpha value is -2.11. The van der Waals surface area contributed by atoms with E-state index in [1.165, 1.54) is 0 Å². The predicted octanol–water partition coefficient (Wildman–Crippen LogP) is 2.15. The number of nitrogens with two attached hydrogens (primary N) is 1. The molecule has 9 nitrogen and oxygen atoms in total. The summed E-state index contributed by atoms with van der Waals surface area (Å²) in [6.45, 7) is 8.71. The number of ether oxygens (including phenoxy) is 1. The molecule has 0 saturated carbocycles. The van der Waals surface area contributed by atoms with Gasteiger partial charge in [-0.15, -0.1) is 34.2 Å². The molecule has 0 aromatic carbocycles. The minimum absolute atomic E-state index is 0. The maximum Gasteiger partial charge on any atom is 0.410 e. The van der Waals surface area contributed by atoms with Gasteiger partial charge in [-0.2, -0.15) is 0 Å². The largest absolute Gasteiger partial charge is 0.444 e. The van der Waals surface area contributed by atoms with Crippen LogP contribution in [0.1, 0.15) is 33.0 Å². The first kappa shape index (κ1) is 23.2. The quantitative estimate of drug-likeness (QED) is 0.290. The van der Waals surface area contributed by atoms with E-state index in [0.717, 1.165) is 24.3 Å². The smallest absolute Gasteiger partial charge is 0.410 e. The van der Waals surface area contributed by atoms with Gasteiger partial charge in [-0.25, -0.2) is 4.79 Å². The Labute approximate surface area is 188 Å². The van der Waals surface area contributed by atoms with Gasteiger partial charge in [0.25, 0.3) is 0 Å². The first-order valence-corrected chi connectivity index (χ1v) is 9.65. The second kappa shape index (κ2) is 10.1. The minimum Gasteiger partial charge on any atom is -0.444 e. The SMILES string of the molecule is CC(C)(C)OC(=O)N1CCN(C(N)=NCCCc2nnc3ccccn23)CC1.I. The van der Waals surface area contributed by atoms with Gasteiger partial charge in [-0.3, -0.25) is 9.39 Å². The third-order valence-electron chi connectivity index (χ3n) is 4.47. The maximum atomic E-state index is 12.1. The number of pyridine rings is 1. The molecule has 1 fully saturated rings. The van der Waals surface area contributed by atoms with Crippen LogP contribution in [0.25, 0.3) is 5.65 Å². The van der Waals surface area contributed by atoms with E-state index in [-0.39, 0.29) is 30.1 Å². The van der Waals surface area contributed by atoms with Crippen molar-refractivity contribution < 1.29 is 9.53 Å². The van der Waals surface area contributed by atoms with Crippen LogP contribution in [0.15, 0.2) is 29.4 Å². The Morgan fingerprint density at radius 1 is 1.17 bits per heavy atom. The lowest BCUT2D eigenvalue weighted by Crippen LogP contribution is -2.53. The zero-order valence-corrected chi connectivity index (χ0v) is 19.6. The number of carbonyl (C=O) groups is 1. The number of amides is 1. The number of hydrogen-bond acceptors (Lipinski definition) is 5. The predicted molar refractivity (Wildman–Crippen MR) is 123 cm³/mol. The summed E-state index contributed by atoms with van der Waals surface area (Å²) in [6, 6.07) is 5.85. The number of piperazine rings is 1. The average Bonchev–Trinajstić information content (AvgIpc) is 3.07. The molecule has 1 aliphatic heterocycles. The van der Waals surface area contributed by atoms with Crippen LogP contribution >= 0.6 is 24.0 Å². The lowest BCUT2D eigenvalue weighted by atomic mass is 10.2. The number of rotatable bonds is 4. The van der Waals surface area contributed by atoms with Crippen molar-refractivity contribution in [3.8, 4) is 0 Å². The fraction of sp³-hybridized carbons (Fsp3) is 0.579. The fourth-order valence-electron chi connectivity index (χ4n) is 3.04. The molecule has 0 atom stereocenters. The van der Waals surface area contributed by atoms with Gasteiger partial charge in [0.05, 0.1) is 0 Å². The van der Waals surface area contributed by atoms with Crippen molar-refractivity contribution >= 4 is 41.7 Å². The summed E-state index contributed by atoms with van der Waals surface area (Å²) < 4.78 is 7.40. The number of fused-ring (bicyclic) bond motifs is 1. The molecular formula is C19H30IN7O2. The first-order chi connectivity index (χ1) is 13.3. The monoisotopic (exact) mass is 515 g/mol. The van der Waals surface area contributed by atoms with E-state index in [2.05, 4.69) is 15.2 Å². The number of halogens is 1. The molecule has 3 heterocycles. The van der Waals surface area contributed by atoms with Crippen LogP contribution in [0.2, 0.25) is 0 Å². The van der Waals surface area contributed by atoms with Crippen LogP contribution in [-0.2, 0) is 11.2 Å². The van der Waals surface area contributed by atoms with Gasteiger partial charge in [0.1, 0.15) is 11.4 Å². The molecule has 1 amide bonds. The zero-order chi connectivity index (χ0) is 20.1. The number of nitrogens with zero attached hydrogens (tertiary/aromatic N) is 6. The Balaban J connectivity index is 0.00000300. The molecule has 1 aliphatic rings. The zero-order valence-electron chi connectivity index (χ0n) is 17.2. The van der Waals surface area contributed by atoms with Crippen LogP contribution in [0, 0.1) is 0 Å². The molecular weight excluding hydrogens is 485 g/mol. The maximum absolute atomic E-state index is 12.1. The third kappa shape index (κ3) is 6.44. The highest BCUT2D eigenvalue weighted by atomic mass is 127. The third-order valence-corrected chi connectivity index (χ3v) is 4.47. The van der Waals surface area contributed by atoms with Gasteiger partial charge in [-0.1, -0.05) is 6.07 Å². The molecule has 0 unspecified atom stereocenters. The Morgan fingerprint density at radius 3 is 2.55 bits per heavy atom. The summed E-state index contributed by atoms with van der Waals surface area (Å²) in [6.07, 6.45) is 3.32. The van der Waals surface area contributed by atoms with Crippen LogP contribution < -0.4 is 5.73 Å². The lowest BCUT2D eigenvalue weighted by Gasteiger charge is -2.36. The highest BCUT2D eigenvalue weighted by molar-refractivity contribution is 14.0. The number of aryl methyl sites for hydroxylation is 1. The standard InChI is InChI=1S/C19H29N7O2.HI/c1-19(2,3)28-18(27)25-13-11-24(12-14-25)17(20)21-9-6-8-16-23-22-15-7-4-5-10-26(15)16;/h4-5,7,10H,6,8-9,11-14H2,1-3H3,(H2,20,21);1H. The van der Waals surface area contributed by atoms with Crippen molar-refractivity contribution in [2.45, 2.75) is 39.2 Å². The number of guanidine groups is 1. The number of hydrogen-bond donors (Lipinski definition) is 1. The summed E-state index contributed by atoms with van der Waals surface area (Å²) in [5.74, 6) is 1.45. The minimum atomic E-state index is -0.482. The number of aromatic nitrogens is 3. The van der Waals surface area contributed by atoms with Gasteiger partial charge in [-0.05, 0) is 39.3 Å². The molecule has 10 heteroatoms. The Morgan fingerprint density at radius 2 is 1.86 bits per heavy atom. The van der Waals surface area contributed by atoms with Crippen molar-refractivity contribution in [1.82, 2.24) is 24.4 Å². The normalized spacial score (nSPS) is 15.3. The number of aliphatic imine (C=N–C) groups is 1. The van der Waals surface area contributed by atoms with E-state index in [4.69, 9.17) is 10.5 Å². The van der Waals surface area contributed by atoms with Crippen molar-refractivity contribution in [2.24, 2.45) is 10.7 Å². The molecule has 1 saturated heterocycles. The number of carbonyl (C=O) groups excluding carboxylic acids is 1. The second-order valence-corrected chi connectivity index (χ2v) is 7.84. The van der Waals surface area contributed by atoms with Crippen LogP contribution in [-0.4, -0.2) is 74.8 Å². The molecule has 160 valence electrons. The fourth-order valence-corrected chi connectivity index (χ4v) is 3.04. The van der Waals surface area contributed by atoms with E-state index in [0.29, 0.717) is 38.7 Å². The van der Waals surface area contributed by atoms with Crippen molar-refractivity contribution in [3.05, 3.63) is 30.2 Å². The van der Waals surface area contributed by atoms with Crippen LogP contribution in [0.4, 0.5) is 4.79 Å². The topological polar surface area (TPSA) is 101 Å². The van der Waals surface area contributed by atoms with Crippen molar-refractivity contribution in [2.75, 3.05) is 32.7 Å². The molecule has 0 spiro atoms. The molecule has 0 aliphatic carbocycles. The average molecular weight is 515 g/mol. The molecule has 3 rings (SSSR count). The molecule has 2 N–H and O–H groups in total. The molecule has 0 bridgehead atoms. The highest BCUT2D eigenvalue weighted by Gasteiger charge is 2.26. The Kier molecular flexibility index (Phi) is 8.05. The Bertz CT molecular complexity index is 838. The van der Waals surface area contributed by atoms with Gasteiger partial charge in [0.2, 0.25) is 0 Å². The summed E-state index contributed by atoms with van der Waals surface area (Å²) >= 11 is 0. The summed E-state index contributed by atoms with van der Waals surface area (Å²) in [7, 11) is 0. The van der Waals surface area contributed by atoms with Crippen LogP contribution in [0.3, 0.4) is 0 Å². The van der Waals surface area contributed by atoms with Crippen molar-refractivity contribution in [1.29, 1.82) is 0 Å². The molecule has 2 aromatic heterocycles. The summed E-state index contributed by atoms with van der Waals surface area (Å²) in [5, 5.41) is 8.38. The molecule has 0 radical (unpaired) electrons.